The predicted octanol–water partition coefficient (Wildman–Crippen LogP) is 2.40. The maximum Gasteiger partial charge on any atom is 0.251 e. The SMILES string of the molecule is CCNC(=O)c1ccc(CNC(=NC)N2CCN(c3cccs3)CC2)cc1. The molecule has 1 aliphatic heterocycles. The van der Waals surface area contributed by atoms with Gasteiger partial charge in [-0.1, -0.05) is 12.1 Å². The molecular weight excluding hydrogens is 358 g/mol. The molecule has 27 heavy (non-hydrogen) atoms. The van der Waals surface area contributed by atoms with E-state index in [9.17, 15) is 4.79 Å². The molecule has 0 saturated carbocycles. The second kappa shape index (κ2) is 9.41. The average molecular weight is 386 g/mol. The third-order valence-electron chi connectivity index (χ3n) is 4.61. The summed E-state index contributed by atoms with van der Waals surface area (Å²) in [6.45, 7) is 7.15. The van der Waals surface area contributed by atoms with E-state index < -0.39 is 0 Å². The molecule has 7 heteroatoms. The molecule has 1 saturated heterocycles. The predicted molar refractivity (Wildman–Crippen MR) is 113 cm³/mol. The molecule has 1 aromatic carbocycles. The van der Waals surface area contributed by atoms with Gasteiger partial charge in [0.2, 0.25) is 0 Å². The Hall–Kier alpha value is -2.54. The van der Waals surface area contributed by atoms with Gasteiger partial charge in [-0.2, -0.15) is 0 Å². The summed E-state index contributed by atoms with van der Waals surface area (Å²) in [5, 5.41) is 9.71. The van der Waals surface area contributed by atoms with Crippen molar-refractivity contribution in [1.29, 1.82) is 0 Å². The summed E-state index contributed by atoms with van der Waals surface area (Å²) in [5.41, 5.74) is 1.82. The largest absolute Gasteiger partial charge is 0.360 e. The Kier molecular flexibility index (Phi) is 6.70. The minimum Gasteiger partial charge on any atom is -0.360 e. The lowest BCUT2D eigenvalue weighted by molar-refractivity contribution is 0.0956. The highest BCUT2D eigenvalue weighted by atomic mass is 32.1. The fraction of sp³-hybridized carbons (Fsp3) is 0.400. The third kappa shape index (κ3) is 5.01. The molecule has 0 unspecified atom stereocenters. The van der Waals surface area contributed by atoms with Gasteiger partial charge in [-0.3, -0.25) is 9.79 Å². The molecule has 6 nitrogen and oxygen atoms in total. The Bertz CT molecular complexity index is 749. The highest BCUT2D eigenvalue weighted by Crippen LogP contribution is 2.22. The number of hydrogen-bond acceptors (Lipinski definition) is 4. The van der Waals surface area contributed by atoms with E-state index in [1.165, 1.54) is 5.00 Å². The first kappa shape index (κ1) is 19.2. The number of benzene rings is 1. The lowest BCUT2D eigenvalue weighted by Gasteiger charge is -2.37. The van der Waals surface area contributed by atoms with Crippen LogP contribution in [0.2, 0.25) is 0 Å². The zero-order valence-corrected chi connectivity index (χ0v) is 16.8. The van der Waals surface area contributed by atoms with Gasteiger partial charge in [-0.15, -0.1) is 11.3 Å². The first-order valence-corrected chi connectivity index (χ1v) is 10.2. The standard InChI is InChI=1S/C20H27N5OS/c1-3-22-19(26)17-8-6-16(7-9-17)15-23-20(21-2)25-12-10-24(11-13-25)18-5-4-14-27-18/h4-9,14H,3,10-13,15H2,1-2H3,(H,21,23)(H,22,26). The number of thiophene rings is 1. The van der Waals surface area contributed by atoms with Crippen LogP contribution in [0.25, 0.3) is 0 Å². The summed E-state index contributed by atoms with van der Waals surface area (Å²) in [7, 11) is 1.83. The van der Waals surface area contributed by atoms with Crippen molar-refractivity contribution in [3.63, 3.8) is 0 Å². The van der Waals surface area contributed by atoms with Gasteiger partial charge in [-0.25, -0.2) is 0 Å². The number of piperazine rings is 1. The lowest BCUT2D eigenvalue weighted by Crippen LogP contribution is -2.52. The molecule has 0 radical (unpaired) electrons. The van der Waals surface area contributed by atoms with Crippen LogP contribution in [-0.4, -0.2) is 56.5 Å². The van der Waals surface area contributed by atoms with Crippen LogP contribution in [0.5, 0.6) is 0 Å². The van der Waals surface area contributed by atoms with E-state index in [0.717, 1.165) is 37.7 Å². The van der Waals surface area contributed by atoms with Gasteiger partial charge in [0, 0.05) is 51.9 Å². The topological polar surface area (TPSA) is 60.0 Å². The van der Waals surface area contributed by atoms with Crippen molar-refractivity contribution in [2.75, 3.05) is 44.7 Å². The van der Waals surface area contributed by atoms with Crippen LogP contribution in [0.15, 0.2) is 46.8 Å². The summed E-state index contributed by atoms with van der Waals surface area (Å²) in [6.07, 6.45) is 0. The number of hydrogen-bond donors (Lipinski definition) is 2. The molecule has 0 spiro atoms. The molecule has 3 rings (SSSR count). The number of anilines is 1. The highest BCUT2D eigenvalue weighted by molar-refractivity contribution is 7.14. The zero-order chi connectivity index (χ0) is 19.1. The number of carbonyl (C=O) groups is 1. The van der Waals surface area contributed by atoms with Crippen molar-refractivity contribution in [2.24, 2.45) is 4.99 Å². The van der Waals surface area contributed by atoms with Gasteiger partial charge in [0.05, 0.1) is 5.00 Å². The summed E-state index contributed by atoms with van der Waals surface area (Å²) in [4.78, 5) is 21.0. The molecule has 1 aliphatic rings. The van der Waals surface area contributed by atoms with Crippen LogP contribution >= 0.6 is 11.3 Å². The summed E-state index contributed by atoms with van der Waals surface area (Å²) in [5.74, 6) is 0.894. The molecule has 144 valence electrons. The first-order valence-electron chi connectivity index (χ1n) is 9.32. The Labute approximate surface area is 164 Å². The average Bonchev–Trinajstić information content (AvgIpc) is 3.24. The molecule has 1 aromatic heterocycles. The number of aliphatic imine (C=N–C) groups is 1. The molecule has 2 aromatic rings. The van der Waals surface area contributed by atoms with Crippen molar-refractivity contribution in [3.8, 4) is 0 Å². The van der Waals surface area contributed by atoms with E-state index in [1.54, 1.807) is 11.3 Å². The van der Waals surface area contributed by atoms with E-state index in [1.807, 2.05) is 38.2 Å². The normalized spacial score (nSPS) is 15.0. The minimum absolute atomic E-state index is 0.0311. The van der Waals surface area contributed by atoms with E-state index in [2.05, 4.69) is 42.9 Å². The monoisotopic (exact) mass is 385 g/mol. The second-order valence-electron chi connectivity index (χ2n) is 6.38. The van der Waals surface area contributed by atoms with Crippen LogP contribution in [0.3, 0.4) is 0 Å². The van der Waals surface area contributed by atoms with Gasteiger partial charge >= 0.3 is 0 Å². The van der Waals surface area contributed by atoms with Gasteiger partial charge in [0.25, 0.3) is 5.91 Å². The number of rotatable bonds is 5. The van der Waals surface area contributed by atoms with Gasteiger partial charge < -0.3 is 20.4 Å². The molecule has 1 fully saturated rings. The fourth-order valence-corrected chi connectivity index (χ4v) is 3.92. The van der Waals surface area contributed by atoms with E-state index in [0.29, 0.717) is 18.7 Å². The third-order valence-corrected chi connectivity index (χ3v) is 5.54. The van der Waals surface area contributed by atoms with Crippen LogP contribution in [0.4, 0.5) is 5.00 Å². The van der Waals surface area contributed by atoms with Gasteiger partial charge in [-0.05, 0) is 42.1 Å². The van der Waals surface area contributed by atoms with Crippen molar-refractivity contribution < 1.29 is 4.79 Å². The molecule has 2 N–H and O–H groups in total. The Balaban J connectivity index is 1.50. The quantitative estimate of drug-likeness (QED) is 0.613. The van der Waals surface area contributed by atoms with Crippen LogP contribution in [-0.2, 0) is 6.54 Å². The highest BCUT2D eigenvalue weighted by Gasteiger charge is 2.20. The molecule has 0 bridgehead atoms. The minimum atomic E-state index is -0.0311. The van der Waals surface area contributed by atoms with Crippen molar-refractivity contribution in [3.05, 3.63) is 52.9 Å². The maximum atomic E-state index is 11.8. The van der Waals surface area contributed by atoms with Crippen LogP contribution in [0, 0.1) is 0 Å². The van der Waals surface area contributed by atoms with Crippen molar-refractivity contribution in [2.45, 2.75) is 13.5 Å². The number of nitrogens with one attached hydrogen (secondary N) is 2. The summed E-state index contributed by atoms with van der Waals surface area (Å²) >= 11 is 1.79. The zero-order valence-electron chi connectivity index (χ0n) is 15.9. The second-order valence-corrected chi connectivity index (χ2v) is 7.31. The van der Waals surface area contributed by atoms with E-state index in [4.69, 9.17) is 0 Å². The Morgan fingerprint density at radius 2 is 1.85 bits per heavy atom. The number of guanidine groups is 1. The van der Waals surface area contributed by atoms with Crippen molar-refractivity contribution in [1.82, 2.24) is 15.5 Å². The van der Waals surface area contributed by atoms with Crippen LogP contribution < -0.4 is 15.5 Å². The number of nitrogens with zero attached hydrogens (tertiary/aromatic N) is 3. The van der Waals surface area contributed by atoms with Crippen LogP contribution in [0.1, 0.15) is 22.8 Å². The fourth-order valence-electron chi connectivity index (χ4n) is 3.14. The Morgan fingerprint density at radius 1 is 1.11 bits per heavy atom. The number of amides is 1. The Morgan fingerprint density at radius 3 is 2.44 bits per heavy atom. The molecular formula is C20H27N5OS. The lowest BCUT2D eigenvalue weighted by atomic mass is 10.1. The smallest absolute Gasteiger partial charge is 0.251 e. The van der Waals surface area contributed by atoms with E-state index >= 15 is 0 Å². The summed E-state index contributed by atoms with van der Waals surface area (Å²) < 4.78 is 0. The molecule has 1 amide bonds. The van der Waals surface area contributed by atoms with Gasteiger partial charge in [0.15, 0.2) is 5.96 Å². The van der Waals surface area contributed by atoms with Crippen molar-refractivity contribution >= 4 is 28.2 Å². The number of carbonyl (C=O) groups excluding carboxylic acids is 1. The molecule has 0 atom stereocenters. The molecule has 2 heterocycles. The van der Waals surface area contributed by atoms with E-state index in [-0.39, 0.29) is 5.91 Å². The molecule has 0 aliphatic carbocycles. The summed E-state index contributed by atoms with van der Waals surface area (Å²) in [6, 6.07) is 12.0. The first-order chi connectivity index (χ1) is 13.2. The van der Waals surface area contributed by atoms with Gasteiger partial charge in [0.1, 0.15) is 0 Å². The maximum absolute atomic E-state index is 11.8.